The van der Waals surface area contributed by atoms with E-state index in [2.05, 4.69) is 26.9 Å². The summed E-state index contributed by atoms with van der Waals surface area (Å²) in [5.41, 5.74) is 8.42. The van der Waals surface area contributed by atoms with E-state index < -0.39 is 0 Å². The van der Waals surface area contributed by atoms with Crippen LogP contribution >= 0.6 is 23.2 Å². The summed E-state index contributed by atoms with van der Waals surface area (Å²) in [5, 5.41) is 0. The fourth-order valence-corrected chi connectivity index (χ4v) is 7.06. The van der Waals surface area contributed by atoms with Crippen LogP contribution in [-0.4, -0.2) is 66.1 Å². The Bertz CT molecular complexity index is 1820. The molecule has 0 saturated heterocycles. The summed E-state index contributed by atoms with van der Waals surface area (Å²) in [5.74, 6) is -0.327. The quantitative estimate of drug-likeness (QED) is 0.195. The summed E-state index contributed by atoms with van der Waals surface area (Å²) in [7, 11) is 3.25. The van der Waals surface area contributed by atoms with Gasteiger partial charge < -0.3 is 4.74 Å². The Hall–Kier alpha value is -4.11. The highest BCUT2D eigenvalue weighted by atomic mass is 35.5. The molecule has 2 saturated carbocycles. The van der Waals surface area contributed by atoms with Gasteiger partial charge in [-0.15, -0.1) is 23.2 Å². The summed E-state index contributed by atoms with van der Waals surface area (Å²) in [6, 6.07) is 14.6. The molecule has 2 aromatic carbocycles. The number of alkyl halides is 2. The normalized spacial score (nSPS) is 17.0. The second-order valence-corrected chi connectivity index (χ2v) is 13.4. The summed E-state index contributed by atoms with van der Waals surface area (Å²) in [6.45, 7) is 0.907. The lowest BCUT2D eigenvalue weighted by molar-refractivity contribution is 0.0971. The summed E-state index contributed by atoms with van der Waals surface area (Å²) in [6.07, 6.45) is 16.4. The van der Waals surface area contributed by atoms with E-state index in [-0.39, 0.29) is 47.0 Å². The highest BCUT2D eigenvalue weighted by molar-refractivity contribution is 6.50. The van der Waals surface area contributed by atoms with Crippen LogP contribution in [0.4, 0.5) is 0 Å². The number of carbonyl (C=O) groups is 3. The molecule has 3 aliphatic carbocycles. The molecule has 4 aliphatic rings. The van der Waals surface area contributed by atoms with Crippen LogP contribution in [0.5, 0.6) is 0 Å². The van der Waals surface area contributed by atoms with Gasteiger partial charge in [-0.1, -0.05) is 66.1 Å². The smallest absolute Gasteiger partial charge is 0.214 e. The molecule has 0 spiro atoms. The molecule has 0 atom stereocenters. The number of ether oxygens (including phenoxy) is 1. The molecule has 1 aliphatic heterocycles. The Kier molecular flexibility index (Phi) is 14.2. The van der Waals surface area contributed by atoms with E-state index in [0.29, 0.717) is 29.1 Å². The van der Waals surface area contributed by atoms with Crippen LogP contribution in [0.25, 0.3) is 0 Å². The Morgan fingerprint density at radius 1 is 0.627 bits per heavy atom. The van der Waals surface area contributed by atoms with Crippen LogP contribution in [0.1, 0.15) is 117 Å². The average molecular weight is 728 g/mol. The minimum Gasteiger partial charge on any atom is -0.388 e. The molecule has 0 bridgehead atoms. The third-order valence-electron chi connectivity index (χ3n) is 9.21. The van der Waals surface area contributed by atoms with Crippen molar-refractivity contribution in [3.05, 3.63) is 117 Å². The number of hydrogen-bond acceptors (Lipinski definition) is 8. The van der Waals surface area contributed by atoms with Gasteiger partial charge in [-0.05, 0) is 75.5 Å². The second kappa shape index (κ2) is 18.9. The van der Waals surface area contributed by atoms with Crippen molar-refractivity contribution >= 4 is 52.0 Å². The minimum atomic E-state index is -0.310. The monoisotopic (exact) mass is 726 g/mol. The van der Waals surface area contributed by atoms with Crippen LogP contribution in [0.3, 0.4) is 0 Å². The molecule has 0 amide bonds. The fraction of sp³-hybridized carbons (Fsp3) is 0.390. The Labute approximate surface area is 310 Å². The van der Waals surface area contributed by atoms with Crippen molar-refractivity contribution in [1.82, 2.24) is 9.97 Å². The number of carbonyl (C=O) groups excluding carboxylic acids is 3. The highest BCUT2D eigenvalue weighted by Crippen LogP contribution is 2.28. The number of methoxy groups -OCH3 is 1. The fourth-order valence-electron chi connectivity index (χ4n) is 6.63. The average Bonchev–Trinajstić information content (AvgIpc) is 3.69. The number of nitrogens with zero attached hydrogens (tertiary/aromatic N) is 4. The number of hydrogen-bond donors (Lipinski definition) is 0. The molecule has 0 unspecified atom stereocenters. The standard InChI is InChI=1S/C25H30N2O.C14H8Cl2N2O2.C2H6O/c28-25-18-27-24(17-19-8-2-1-3-9-19)23(16-20-10-4-5-11-20)26-15-14-21-12-6-7-13-22(21)25;15-5-9-10(6-16)18-12-11(17-9)13(19)7-3-1-2-4-8(7)14(12)20;1-3-2/h6-7,12-13,16-17H,1-5,8-11,14-15,18H2;1-4H,5-6H2;1-2H3. The molecule has 2 fully saturated rings. The first-order valence-electron chi connectivity index (χ1n) is 17.6. The van der Waals surface area contributed by atoms with Gasteiger partial charge in [0.05, 0.1) is 34.6 Å². The first-order valence-corrected chi connectivity index (χ1v) is 18.6. The highest BCUT2D eigenvalue weighted by Gasteiger charge is 2.33. The maximum absolute atomic E-state index is 12.8. The summed E-state index contributed by atoms with van der Waals surface area (Å²) < 4.78 is 4.25. The van der Waals surface area contributed by atoms with Gasteiger partial charge in [-0.25, -0.2) is 9.97 Å². The number of ketones is 3. The van der Waals surface area contributed by atoms with Gasteiger partial charge >= 0.3 is 0 Å². The first-order chi connectivity index (χ1) is 24.9. The van der Waals surface area contributed by atoms with Crippen molar-refractivity contribution in [3.8, 4) is 0 Å². The van der Waals surface area contributed by atoms with Crippen LogP contribution in [0.15, 0.2) is 81.8 Å². The first kappa shape index (κ1) is 38.1. The SMILES string of the molecule is COC.O=C1CN=C(C=C2CCCCC2)C(C=C2CCCC2)=NCCc2ccccc21.O=C1c2ccccc2C(=O)c2nc(CCl)c(CCl)nc21. The van der Waals surface area contributed by atoms with Gasteiger partial charge in [-0.3, -0.25) is 24.4 Å². The molecule has 8 nitrogen and oxygen atoms in total. The zero-order valence-electron chi connectivity index (χ0n) is 29.4. The van der Waals surface area contributed by atoms with E-state index in [1.54, 1.807) is 38.5 Å². The zero-order chi connectivity index (χ0) is 36.2. The number of fused-ring (bicyclic) bond motifs is 3. The van der Waals surface area contributed by atoms with E-state index in [9.17, 15) is 14.4 Å². The number of aromatic nitrogens is 2. The third-order valence-corrected chi connectivity index (χ3v) is 9.72. The van der Waals surface area contributed by atoms with E-state index in [0.717, 1.165) is 41.8 Å². The Morgan fingerprint density at radius 2 is 1.08 bits per heavy atom. The van der Waals surface area contributed by atoms with Gasteiger partial charge in [0.25, 0.3) is 0 Å². The lowest BCUT2D eigenvalue weighted by Gasteiger charge is -2.17. The Balaban J connectivity index is 0.000000192. The predicted molar refractivity (Wildman–Crippen MR) is 204 cm³/mol. The van der Waals surface area contributed by atoms with Gasteiger partial charge in [-0.2, -0.15) is 0 Å². The van der Waals surface area contributed by atoms with Crippen LogP contribution < -0.4 is 0 Å². The third kappa shape index (κ3) is 9.61. The molecule has 266 valence electrons. The Morgan fingerprint density at radius 3 is 1.59 bits per heavy atom. The number of rotatable bonds is 4. The van der Waals surface area contributed by atoms with Crippen molar-refractivity contribution < 1.29 is 19.1 Å². The molecule has 0 N–H and O–H groups in total. The van der Waals surface area contributed by atoms with Gasteiger partial charge in [0.2, 0.25) is 11.6 Å². The summed E-state index contributed by atoms with van der Waals surface area (Å²) in [4.78, 5) is 55.7. The number of Topliss-reactive ketones (excluding diaryl/α,β-unsaturated/α-hetero) is 1. The number of halogens is 2. The predicted octanol–water partition coefficient (Wildman–Crippen LogP) is 8.69. The lowest BCUT2D eigenvalue weighted by Crippen LogP contribution is -2.25. The lowest BCUT2D eigenvalue weighted by atomic mass is 9.89. The minimum absolute atomic E-state index is 0.0539. The van der Waals surface area contributed by atoms with E-state index >= 15 is 0 Å². The molecule has 3 aromatic rings. The van der Waals surface area contributed by atoms with Gasteiger partial charge in [0.15, 0.2) is 5.78 Å². The zero-order valence-corrected chi connectivity index (χ0v) is 30.9. The van der Waals surface area contributed by atoms with Crippen LogP contribution in [0.2, 0.25) is 0 Å². The second-order valence-electron chi connectivity index (χ2n) is 12.9. The maximum atomic E-state index is 12.8. The molecule has 7 rings (SSSR count). The molecule has 1 aromatic heterocycles. The molecule has 10 heteroatoms. The van der Waals surface area contributed by atoms with Crippen molar-refractivity contribution in [2.24, 2.45) is 9.98 Å². The molecular formula is C41H44Cl2N4O4. The number of benzene rings is 2. The topological polar surface area (TPSA) is 111 Å². The maximum Gasteiger partial charge on any atom is 0.214 e. The van der Waals surface area contributed by atoms with Crippen molar-refractivity contribution in [1.29, 1.82) is 0 Å². The van der Waals surface area contributed by atoms with Gasteiger partial charge in [0, 0.05) is 37.5 Å². The van der Waals surface area contributed by atoms with Crippen molar-refractivity contribution in [3.63, 3.8) is 0 Å². The van der Waals surface area contributed by atoms with Crippen molar-refractivity contribution in [2.45, 2.75) is 76.0 Å². The van der Waals surface area contributed by atoms with Gasteiger partial charge in [0.1, 0.15) is 17.9 Å². The molecule has 0 radical (unpaired) electrons. The van der Waals surface area contributed by atoms with E-state index in [4.69, 9.17) is 33.2 Å². The van der Waals surface area contributed by atoms with Crippen molar-refractivity contribution in [2.75, 3.05) is 27.3 Å². The number of allylic oxidation sites excluding steroid dienone is 4. The van der Waals surface area contributed by atoms with Crippen LogP contribution in [-0.2, 0) is 22.9 Å². The molecular weight excluding hydrogens is 683 g/mol. The van der Waals surface area contributed by atoms with E-state index in [1.165, 1.54) is 56.1 Å². The summed E-state index contributed by atoms with van der Waals surface area (Å²) >= 11 is 11.6. The van der Waals surface area contributed by atoms with E-state index in [1.807, 2.05) is 24.3 Å². The largest absolute Gasteiger partial charge is 0.388 e. The number of aliphatic imine (C=N–C) groups is 2. The molecule has 51 heavy (non-hydrogen) atoms. The van der Waals surface area contributed by atoms with Crippen LogP contribution in [0, 0.1) is 0 Å². The molecule has 2 heterocycles.